The molecule has 1 amide bonds. The normalized spacial score (nSPS) is 22.9. The lowest BCUT2D eigenvalue weighted by atomic mass is 9.92. The van der Waals surface area contributed by atoms with Crippen molar-refractivity contribution in [3.05, 3.63) is 41.7 Å². The molecule has 3 nitrogen and oxygen atoms in total. The van der Waals surface area contributed by atoms with Gasteiger partial charge in [-0.2, -0.15) is 0 Å². The third-order valence-corrected chi connectivity index (χ3v) is 3.54. The first-order valence-electron chi connectivity index (χ1n) is 7.04. The third kappa shape index (κ3) is 4.46. The summed E-state index contributed by atoms with van der Waals surface area (Å²) in [5, 5.41) is 12.6. The Morgan fingerprint density at radius 2 is 2.20 bits per heavy atom. The zero-order valence-corrected chi connectivity index (χ0v) is 11.4. The standard InChI is InChI=1S/C16H20FNO2/c17-13-7-3-5-12(11-13)6-4-10-16(20)18-14-8-1-2-9-15(14)19/h3-7,11,14-15,19H,1-2,8-10H2,(H,18,20)/b6-4+. The van der Waals surface area contributed by atoms with Crippen LogP contribution in [0.5, 0.6) is 0 Å². The van der Waals surface area contributed by atoms with Gasteiger partial charge < -0.3 is 10.4 Å². The third-order valence-electron chi connectivity index (χ3n) is 3.54. The van der Waals surface area contributed by atoms with Crippen molar-refractivity contribution in [1.82, 2.24) is 5.32 Å². The molecular weight excluding hydrogens is 257 g/mol. The summed E-state index contributed by atoms with van der Waals surface area (Å²) in [6, 6.07) is 6.09. The first-order valence-corrected chi connectivity index (χ1v) is 7.04. The summed E-state index contributed by atoms with van der Waals surface area (Å²) in [6.45, 7) is 0. The van der Waals surface area contributed by atoms with Crippen molar-refractivity contribution in [1.29, 1.82) is 0 Å². The number of hydrogen-bond acceptors (Lipinski definition) is 2. The molecule has 20 heavy (non-hydrogen) atoms. The molecule has 1 saturated carbocycles. The van der Waals surface area contributed by atoms with E-state index in [1.807, 2.05) is 0 Å². The lowest BCUT2D eigenvalue weighted by Gasteiger charge is -2.28. The highest BCUT2D eigenvalue weighted by molar-refractivity contribution is 5.78. The van der Waals surface area contributed by atoms with Gasteiger partial charge >= 0.3 is 0 Å². The van der Waals surface area contributed by atoms with Crippen molar-refractivity contribution in [3.63, 3.8) is 0 Å². The summed E-state index contributed by atoms with van der Waals surface area (Å²) in [4.78, 5) is 11.8. The van der Waals surface area contributed by atoms with Gasteiger partial charge in [0.15, 0.2) is 0 Å². The van der Waals surface area contributed by atoms with E-state index in [0.717, 1.165) is 31.2 Å². The molecular formula is C16H20FNO2. The fourth-order valence-electron chi connectivity index (χ4n) is 2.46. The summed E-state index contributed by atoms with van der Waals surface area (Å²) in [5.74, 6) is -0.398. The number of benzene rings is 1. The minimum Gasteiger partial charge on any atom is -0.391 e. The van der Waals surface area contributed by atoms with Gasteiger partial charge in [-0.3, -0.25) is 4.79 Å². The van der Waals surface area contributed by atoms with Crippen LogP contribution in [0, 0.1) is 5.82 Å². The summed E-state index contributed by atoms with van der Waals surface area (Å²) in [5.41, 5.74) is 0.732. The van der Waals surface area contributed by atoms with Crippen LogP contribution >= 0.6 is 0 Å². The molecule has 0 heterocycles. The topological polar surface area (TPSA) is 49.3 Å². The second-order valence-electron chi connectivity index (χ2n) is 5.19. The average Bonchev–Trinajstić information content (AvgIpc) is 2.41. The van der Waals surface area contributed by atoms with E-state index in [1.54, 1.807) is 24.3 Å². The van der Waals surface area contributed by atoms with Crippen LogP contribution in [0.3, 0.4) is 0 Å². The summed E-state index contributed by atoms with van der Waals surface area (Å²) in [6.07, 6.45) is 6.89. The van der Waals surface area contributed by atoms with E-state index in [9.17, 15) is 14.3 Å². The Morgan fingerprint density at radius 3 is 2.95 bits per heavy atom. The van der Waals surface area contributed by atoms with E-state index in [1.165, 1.54) is 12.1 Å². The molecule has 0 bridgehead atoms. The Hall–Kier alpha value is -1.68. The van der Waals surface area contributed by atoms with E-state index in [0.29, 0.717) is 0 Å². The van der Waals surface area contributed by atoms with Crippen molar-refractivity contribution < 1.29 is 14.3 Å². The van der Waals surface area contributed by atoms with Crippen LogP contribution in [-0.4, -0.2) is 23.2 Å². The van der Waals surface area contributed by atoms with Crippen molar-refractivity contribution >= 4 is 12.0 Å². The second-order valence-corrected chi connectivity index (χ2v) is 5.19. The van der Waals surface area contributed by atoms with E-state index < -0.39 is 6.10 Å². The van der Waals surface area contributed by atoms with Gasteiger partial charge in [0.2, 0.25) is 5.91 Å². The van der Waals surface area contributed by atoms with Gasteiger partial charge in [0.25, 0.3) is 0 Å². The molecule has 4 heteroatoms. The van der Waals surface area contributed by atoms with Crippen molar-refractivity contribution in [2.75, 3.05) is 0 Å². The van der Waals surface area contributed by atoms with Gasteiger partial charge in [0.05, 0.1) is 12.1 Å². The number of amides is 1. The van der Waals surface area contributed by atoms with Gasteiger partial charge in [0.1, 0.15) is 5.82 Å². The number of halogens is 1. The number of carbonyl (C=O) groups excluding carboxylic acids is 1. The fourth-order valence-corrected chi connectivity index (χ4v) is 2.46. The van der Waals surface area contributed by atoms with Gasteiger partial charge in [-0.25, -0.2) is 4.39 Å². The predicted octanol–water partition coefficient (Wildman–Crippen LogP) is 2.65. The zero-order valence-electron chi connectivity index (χ0n) is 11.4. The number of hydrogen-bond donors (Lipinski definition) is 2. The van der Waals surface area contributed by atoms with Crippen molar-refractivity contribution in [2.24, 2.45) is 0 Å². The smallest absolute Gasteiger partial charge is 0.224 e. The largest absolute Gasteiger partial charge is 0.391 e. The molecule has 0 aromatic heterocycles. The summed E-state index contributed by atoms with van der Waals surface area (Å²) in [7, 11) is 0. The number of rotatable bonds is 4. The highest BCUT2D eigenvalue weighted by Crippen LogP contribution is 2.18. The predicted molar refractivity (Wildman–Crippen MR) is 76.5 cm³/mol. The molecule has 2 rings (SSSR count). The first kappa shape index (κ1) is 14.7. The Bertz CT molecular complexity index is 487. The Kier molecular flexibility index (Phi) is 5.30. The minimum atomic E-state index is -0.431. The Labute approximate surface area is 118 Å². The monoisotopic (exact) mass is 277 g/mol. The van der Waals surface area contributed by atoms with Gasteiger partial charge in [-0.05, 0) is 30.5 Å². The number of aliphatic hydroxyl groups is 1. The zero-order chi connectivity index (χ0) is 14.4. The maximum atomic E-state index is 13.0. The number of aliphatic hydroxyl groups excluding tert-OH is 1. The quantitative estimate of drug-likeness (QED) is 0.889. The maximum Gasteiger partial charge on any atom is 0.224 e. The molecule has 1 aliphatic rings. The van der Waals surface area contributed by atoms with Crippen molar-refractivity contribution in [2.45, 2.75) is 44.2 Å². The van der Waals surface area contributed by atoms with Gasteiger partial charge in [0, 0.05) is 6.42 Å². The average molecular weight is 277 g/mol. The SMILES string of the molecule is O=C(C/C=C/c1cccc(F)c1)NC1CCCCC1O. The van der Waals surface area contributed by atoms with E-state index in [2.05, 4.69) is 5.32 Å². The van der Waals surface area contributed by atoms with Crippen LogP contribution in [0.2, 0.25) is 0 Å². The highest BCUT2D eigenvalue weighted by Gasteiger charge is 2.23. The molecule has 0 saturated heterocycles. The lowest BCUT2D eigenvalue weighted by Crippen LogP contribution is -2.44. The van der Waals surface area contributed by atoms with Crippen LogP contribution in [-0.2, 0) is 4.79 Å². The fraction of sp³-hybridized carbons (Fsp3) is 0.438. The maximum absolute atomic E-state index is 13.0. The van der Waals surface area contributed by atoms with Crippen LogP contribution in [0.25, 0.3) is 6.08 Å². The van der Waals surface area contributed by atoms with E-state index in [4.69, 9.17) is 0 Å². The molecule has 1 aromatic carbocycles. The molecule has 0 radical (unpaired) electrons. The molecule has 1 aliphatic carbocycles. The Balaban J connectivity index is 1.80. The second kappa shape index (κ2) is 7.20. The van der Waals surface area contributed by atoms with Crippen LogP contribution < -0.4 is 5.32 Å². The molecule has 0 spiro atoms. The molecule has 1 aromatic rings. The summed E-state index contributed by atoms with van der Waals surface area (Å²) < 4.78 is 13.0. The number of carbonyl (C=O) groups is 1. The van der Waals surface area contributed by atoms with Crippen LogP contribution in [0.4, 0.5) is 4.39 Å². The molecule has 2 unspecified atom stereocenters. The van der Waals surface area contributed by atoms with Gasteiger partial charge in [-0.1, -0.05) is 37.1 Å². The summed E-state index contributed by atoms with van der Waals surface area (Å²) >= 11 is 0. The first-order chi connectivity index (χ1) is 9.65. The molecule has 2 atom stereocenters. The Morgan fingerprint density at radius 1 is 1.40 bits per heavy atom. The van der Waals surface area contributed by atoms with Crippen LogP contribution in [0.15, 0.2) is 30.3 Å². The minimum absolute atomic E-state index is 0.108. The highest BCUT2D eigenvalue weighted by atomic mass is 19.1. The van der Waals surface area contributed by atoms with Crippen molar-refractivity contribution in [3.8, 4) is 0 Å². The number of nitrogens with one attached hydrogen (secondary N) is 1. The van der Waals surface area contributed by atoms with E-state index >= 15 is 0 Å². The van der Waals surface area contributed by atoms with Crippen LogP contribution in [0.1, 0.15) is 37.7 Å². The van der Waals surface area contributed by atoms with E-state index in [-0.39, 0.29) is 24.2 Å². The van der Waals surface area contributed by atoms with Gasteiger partial charge in [-0.15, -0.1) is 0 Å². The lowest BCUT2D eigenvalue weighted by molar-refractivity contribution is -0.122. The molecule has 2 N–H and O–H groups in total. The molecule has 1 fully saturated rings. The molecule has 0 aliphatic heterocycles. The molecule has 108 valence electrons.